The van der Waals surface area contributed by atoms with Crippen LogP contribution in [0.1, 0.15) is 42.9 Å². The molecule has 0 heterocycles. The Morgan fingerprint density at radius 2 is 2.00 bits per heavy atom. The standard InChI is InChI=1S/C13H19BrN2/c1-9-6-11(8-12(14)7-9)13(16-15)10-4-2-3-5-10/h6-8,10,13,16H,2-5,15H2,1H3. The smallest absolute Gasteiger partial charge is 0.0488 e. The molecule has 16 heavy (non-hydrogen) atoms. The van der Waals surface area contributed by atoms with Gasteiger partial charge in [0.15, 0.2) is 0 Å². The summed E-state index contributed by atoms with van der Waals surface area (Å²) in [6.07, 6.45) is 5.27. The molecule has 2 rings (SSSR count). The third-order valence-electron chi connectivity index (χ3n) is 3.47. The van der Waals surface area contributed by atoms with Gasteiger partial charge in [-0.3, -0.25) is 11.3 Å². The summed E-state index contributed by atoms with van der Waals surface area (Å²) in [6, 6.07) is 6.84. The zero-order chi connectivity index (χ0) is 11.5. The van der Waals surface area contributed by atoms with Crippen LogP contribution in [0.2, 0.25) is 0 Å². The van der Waals surface area contributed by atoms with E-state index in [9.17, 15) is 0 Å². The van der Waals surface area contributed by atoms with Crippen molar-refractivity contribution in [2.24, 2.45) is 11.8 Å². The summed E-state index contributed by atoms with van der Waals surface area (Å²) < 4.78 is 1.14. The zero-order valence-electron chi connectivity index (χ0n) is 9.67. The molecule has 3 heteroatoms. The Morgan fingerprint density at radius 1 is 1.31 bits per heavy atom. The first-order valence-electron chi connectivity index (χ1n) is 5.94. The topological polar surface area (TPSA) is 38.0 Å². The molecule has 2 nitrogen and oxygen atoms in total. The first kappa shape index (κ1) is 12.1. The predicted octanol–water partition coefficient (Wildman–Crippen LogP) is 3.45. The molecule has 1 saturated carbocycles. The number of hydrogen-bond donors (Lipinski definition) is 2. The van der Waals surface area contributed by atoms with Crippen LogP contribution in [-0.2, 0) is 0 Å². The quantitative estimate of drug-likeness (QED) is 0.658. The van der Waals surface area contributed by atoms with Gasteiger partial charge in [0, 0.05) is 10.5 Å². The van der Waals surface area contributed by atoms with E-state index in [2.05, 4.69) is 46.5 Å². The highest BCUT2D eigenvalue weighted by atomic mass is 79.9. The Hall–Kier alpha value is -0.380. The summed E-state index contributed by atoms with van der Waals surface area (Å²) in [7, 11) is 0. The summed E-state index contributed by atoms with van der Waals surface area (Å²) in [5.74, 6) is 6.41. The minimum absolute atomic E-state index is 0.304. The van der Waals surface area contributed by atoms with Crippen LogP contribution in [0.25, 0.3) is 0 Å². The fourth-order valence-corrected chi connectivity index (χ4v) is 3.36. The van der Waals surface area contributed by atoms with Crippen molar-refractivity contribution in [3.05, 3.63) is 33.8 Å². The Balaban J connectivity index is 2.24. The molecule has 0 aliphatic heterocycles. The van der Waals surface area contributed by atoms with Crippen LogP contribution in [0.3, 0.4) is 0 Å². The number of halogens is 1. The van der Waals surface area contributed by atoms with E-state index in [-0.39, 0.29) is 0 Å². The molecular weight excluding hydrogens is 264 g/mol. The van der Waals surface area contributed by atoms with Gasteiger partial charge in [-0.05, 0) is 48.9 Å². The molecule has 0 amide bonds. The Labute approximate surface area is 106 Å². The molecule has 0 spiro atoms. The molecule has 0 aromatic heterocycles. The largest absolute Gasteiger partial charge is 0.271 e. The predicted molar refractivity (Wildman–Crippen MR) is 70.9 cm³/mol. The number of rotatable bonds is 3. The van der Waals surface area contributed by atoms with Gasteiger partial charge in [-0.1, -0.05) is 34.8 Å². The van der Waals surface area contributed by atoms with Gasteiger partial charge in [-0.2, -0.15) is 0 Å². The van der Waals surface area contributed by atoms with Crippen molar-refractivity contribution in [1.29, 1.82) is 0 Å². The highest BCUT2D eigenvalue weighted by molar-refractivity contribution is 9.10. The van der Waals surface area contributed by atoms with Gasteiger partial charge < -0.3 is 0 Å². The summed E-state index contributed by atoms with van der Waals surface area (Å²) in [5.41, 5.74) is 5.58. The van der Waals surface area contributed by atoms with Crippen molar-refractivity contribution in [3.63, 3.8) is 0 Å². The fraction of sp³-hybridized carbons (Fsp3) is 0.538. The van der Waals surface area contributed by atoms with Crippen LogP contribution >= 0.6 is 15.9 Å². The van der Waals surface area contributed by atoms with Crippen molar-refractivity contribution in [3.8, 4) is 0 Å². The number of benzene rings is 1. The van der Waals surface area contributed by atoms with Crippen LogP contribution in [0.15, 0.2) is 22.7 Å². The van der Waals surface area contributed by atoms with Gasteiger partial charge in [-0.15, -0.1) is 0 Å². The molecule has 0 saturated heterocycles. The third-order valence-corrected chi connectivity index (χ3v) is 3.93. The number of nitrogens with one attached hydrogen (secondary N) is 1. The summed E-state index contributed by atoms with van der Waals surface area (Å²) in [6.45, 7) is 2.12. The Kier molecular flexibility index (Phi) is 4.00. The summed E-state index contributed by atoms with van der Waals surface area (Å²) in [4.78, 5) is 0. The van der Waals surface area contributed by atoms with E-state index in [0.29, 0.717) is 12.0 Å². The van der Waals surface area contributed by atoms with Crippen LogP contribution in [-0.4, -0.2) is 0 Å². The Bertz CT molecular complexity index is 339. The van der Waals surface area contributed by atoms with Crippen molar-refractivity contribution in [1.82, 2.24) is 5.43 Å². The van der Waals surface area contributed by atoms with Crippen LogP contribution in [0.5, 0.6) is 0 Å². The average Bonchev–Trinajstić information content (AvgIpc) is 2.70. The molecule has 1 aromatic rings. The van der Waals surface area contributed by atoms with E-state index >= 15 is 0 Å². The van der Waals surface area contributed by atoms with Gasteiger partial charge in [0.1, 0.15) is 0 Å². The van der Waals surface area contributed by atoms with Crippen molar-refractivity contribution in [2.45, 2.75) is 38.6 Å². The van der Waals surface area contributed by atoms with Crippen molar-refractivity contribution < 1.29 is 0 Å². The molecule has 1 atom stereocenters. The van der Waals surface area contributed by atoms with E-state index < -0.39 is 0 Å². The van der Waals surface area contributed by atoms with Gasteiger partial charge >= 0.3 is 0 Å². The number of hydrazine groups is 1. The van der Waals surface area contributed by atoms with Gasteiger partial charge in [-0.25, -0.2) is 0 Å². The van der Waals surface area contributed by atoms with Gasteiger partial charge in [0.2, 0.25) is 0 Å². The van der Waals surface area contributed by atoms with E-state index in [1.54, 1.807) is 0 Å². The molecule has 1 aliphatic rings. The lowest BCUT2D eigenvalue weighted by atomic mass is 9.91. The molecule has 3 N–H and O–H groups in total. The van der Waals surface area contributed by atoms with E-state index in [0.717, 1.165) is 4.47 Å². The van der Waals surface area contributed by atoms with E-state index in [1.165, 1.54) is 36.8 Å². The van der Waals surface area contributed by atoms with Crippen LogP contribution in [0.4, 0.5) is 0 Å². The third kappa shape index (κ3) is 2.65. The van der Waals surface area contributed by atoms with Crippen molar-refractivity contribution >= 4 is 15.9 Å². The first-order chi connectivity index (χ1) is 7.70. The molecule has 1 unspecified atom stereocenters. The number of nitrogens with two attached hydrogens (primary N) is 1. The second-order valence-corrected chi connectivity index (χ2v) is 5.67. The summed E-state index contributed by atoms with van der Waals surface area (Å²) in [5, 5.41) is 0. The van der Waals surface area contributed by atoms with Gasteiger partial charge in [0.05, 0.1) is 0 Å². The SMILES string of the molecule is Cc1cc(Br)cc(C(NN)C2CCCC2)c1. The second-order valence-electron chi connectivity index (χ2n) is 4.75. The highest BCUT2D eigenvalue weighted by Gasteiger charge is 2.25. The molecule has 1 aliphatic carbocycles. The van der Waals surface area contributed by atoms with Crippen LogP contribution in [0, 0.1) is 12.8 Å². The summed E-state index contributed by atoms with van der Waals surface area (Å²) >= 11 is 3.55. The maximum atomic E-state index is 5.72. The second kappa shape index (κ2) is 5.30. The molecule has 1 fully saturated rings. The first-order valence-corrected chi connectivity index (χ1v) is 6.73. The fourth-order valence-electron chi connectivity index (χ4n) is 2.74. The number of aryl methyl sites for hydroxylation is 1. The van der Waals surface area contributed by atoms with Gasteiger partial charge in [0.25, 0.3) is 0 Å². The van der Waals surface area contributed by atoms with E-state index in [4.69, 9.17) is 5.84 Å². The average molecular weight is 283 g/mol. The lowest BCUT2D eigenvalue weighted by Crippen LogP contribution is -2.32. The van der Waals surface area contributed by atoms with Crippen LogP contribution < -0.4 is 11.3 Å². The minimum atomic E-state index is 0.304. The lowest BCUT2D eigenvalue weighted by molar-refractivity contribution is 0.373. The molecule has 0 bridgehead atoms. The van der Waals surface area contributed by atoms with Crippen molar-refractivity contribution in [2.75, 3.05) is 0 Å². The Morgan fingerprint density at radius 3 is 2.56 bits per heavy atom. The molecular formula is C13H19BrN2. The number of hydrogen-bond acceptors (Lipinski definition) is 2. The maximum absolute atomic E-state index is 5.72. The molecule has 88 valence electrons. The maximum Gasteiger partial charge on any atom is 0.0488 e. The molecule has 1 aromatic carbocycles. The normalized spacial score (nSPS) is 18.9. The zero-order valence-corrected chi connectivity index (χ0v) is 11.3. The lowest BCUT2D eigenvalue weighted by Gasteiger charge is -2.23. The monoisotopic (exact) mass is 282 g/mol. The highest BCUT2D eigenvalue weighted by Crippen LogP contribution is 2.36. The van der Waals surface area contributed by atoms with E-state index in [1.807, 2.05) is 0 Å². The minimum Gasteiger partial charge on any atom is -0.271 e. The molecule has 0 radical (unpaired) electrons.